The van der Waals surface area contributed by atoms with Crippen molar-refractivity contribution in [1.29, 1.82) is 0 Å². The summed E-state index contributed by atoms with van der Waals surface area (Å²) in [5.74, 6) is 0.878. The summed E-state index contributed by atoms with van der Waals surface area (Å²) in [4.78, 5) is 39.8. The van der Waals surface area contributed by atoms with Crippen LogP contribution in [0.5, 0.6) is 11.5 Å². The minimum atomic E-state index is -0.635. The van der Waals surface area contributed by atoms with Gasteiger partial charge in [0.1, 0.15) is 34.2 Å². The Morgan fingerprint density at radius 2 is 1.72 bits per heavy atom. The van der Waals surface area contributed by atoms with Gasteiger partial charge in [-0.3, -0.25) is 9.59 Å². The lowest BCUT2D eigenvalue weighted by atomic mass is 9.86. The maximum absolute atomic E-state index is 13.3. The zero-order chi connectivity index (χ0) is 27.7. The van der Waals surface area contributed by atoms with E-state index in [1.807, 2.05) is 54.6 Å². The summed E-state index contributed by atoms with van der Waals surface area (Å²) >= 11 is 0. The Morgan fingerprint density at radius 3 is 2.36 bits per heavy atom. The summed E-state index contributed by atoms with van der Waals surface area (Å²) in [6, 6.07) is 16.5. The monoisotopic (exact) mass is 531 g/mol. The first kappa shape index (κ1) is 26.3. The number of carbonyl (C=O) groups is 3. The van der Waals surface area contributed by atoms with Gasteiger partial charge in [0, 0.05) is 24.6 Å². The van der Waals surface area contributed by atoms with Crippen LogP contribution in [0.15, 0.2) is 54.6 Å². The van der Waals surface area contributed by atoms with Crippen LogP contribution in [0.1, 0.15) is 50.0 Å². The number of fused-ring (bicyclic) bond motifs is 1. The molecular weight excluding hydrogens is 498 g/mol. The molecule has 2 aliphatic rings. The van der Waals surface area contributed by atoms with Crippen molar-refractivity contribution in [2.24, 2.45) is 11.7 Å². The molecule has 0 aliphatic carbocycles. The van der Waals surface area contributed by atoms with E-state index in [0.717, 1.165) is 5.75 Å². The second-order valence-electron chi connectivity index (χ2n) is 10.9. The highest BCUT2D eigenvalue weighted by atomic mass is 16.6. The van der Waals surface area contributed by atoms with E-state index in [2.05, 4.69) is 5.32 Å². The second-order valence-corrected chi connectivity index (χ2v) is 10.9. The molecule has 0 spiro atoms. The number of primary amides is 1. The van der Waals surface area contributed by atoms with E-state index >= 15 is 0 Å². The smallest absolute Gasteiger partial charge is 0.410 e. The molecule has 2 unspecified atom stereocenters. The Labute approximate surface area is 227 Å². The van der Waals surface area contributed by atoms with Crippen molar-refractivity contribution in [3.63, 3.8) is 0 Å². The van der Waals surface area contributed by atoms with Crippen LogP contribution in [-0.4, -0.2) is 57.7 Å². The van der Waals surface area contributed by atoms with Gasteiger partial charge in [-0.05, 0) is 70.0 Å². The third-order valence-electron chi connectivity index (χ3n) is 6.90. The summed E-state index contributed by atoms with van der Waals surface area (Å²) in [5.41, 5.74) is 6.63. The fourth-order valence-electron chi connectivity index (χ4n) is 5.15. The zero-order valence-corrected chi connectivity index (χ0v) is 22.3. The van der Waals surface area contributed by atoms with Gasteiger partial charge in [0.15, 0.2) is 5.78 Å². The number of rotatable bonds is 5. The molecule has 2 amide bonds. The molecule has 2 aromatic carbocycles. The van der Waals surface area contributed by atoms with E-state index in [1.165, 1.54) is 4.90 Å². The SMILES string of the molecule is CC(C)(C)OC(=O)N1CCC(C2CCNc3c(C(N)=O)c(-c4ccc(Oc5ccccc5)cc4)nn32)C(=O)C1. The Kier molecular flexibility index (Phi) is 7.03. The molecule has 0 bridgehead atoms. The molecule has 2 atom stereocenters. The molecule has 1 aromatic heterocycles. The van der Waals surface area contributed by atoms with Gasteiger partial charge in [-0.25, -0.2) is 9.48 Å². The van der Waals surface area contributed by atoms with Gasteiger partial charge in [0.25, 0.3) is 5.91 Å². The molecule has 3 heterocycles. The number of benzene rings is 2. The number of hydrogen-bond donors (Lipinski definition) is 2. The highest BCUT2D eigenvalue weighted by Gasteiger charge is 2.40. The van der Waals surface area contributed by atoms with Crippen molar-refractivity contribution >= 4 is 23.6 Å². The van der Waals surface area contributed by atoms with E-state index in [-0.39, 0.29) is 29.9 Å². The molecule has 10 nitrogen and oxygen atoms in total. The lowest BCUT2D eigenvalue weighted by Crippen LogP contribution is -2.48. The Balaban J connectivity index is 1.39. The first-order chi connectivity index (χ1) is 18.6. The number of aromatic nitrogens is 2. The number of likely N-dealkylation sites (tertiary alicyclic amines) is 1. The number of carbonyl (C=O) groups excluding carboxylic acids is 3. The highest BCUT2D eigenvalue weighted by molar-refractivity contribution is 6.04. The lowest BCUT2D eigenvalue weighted by Gasteiger charge is -2.37. The maximum atomic E-state index is 13.3. The van der Waals surface area contributed by atoms with Crippen molar-refractivity contribution < 1.29 is 23.9 Å². The molecule has 3 N–H and O–H groups in total. The Hall–Kier alpha value is -4.34. The number of piperidine rings is 1. The third kappa shape index (κ3) is 5.59. The van der Waals surface area contributed by atoms with Gasteiger partial charge >= 0.3 is 6.09 Å². The number of para-hydroxylation sites is 1. The van der Waals surface area contributed by atoms with E-state index in [0.29, 0.717) is 48.8 Å². The van der Waals surface area contributed by atoms with Crippen LogP contribution in [0.3, 0.4) is 0 Å². The Morgan fingerprint density at radius 1 is 1.03 bits per heavy atom. The Bertz CT molecular complexity index is 1380. The normalized spacial score (nSPS) is 19.2. The number of amides is 2. The van der Waals surface area contributed by atoms with Crippen molar-refractivity contribution in [2.75, 3.05) is 25.0 Å². The second kappa shape index (κ2) is 10.4. The van der Waals surface area contributed by atoms with E-state index in [1.54, 1.807) is 25.5 Å². The zero-order valence-electron chi connectivity index (χ0n) is 22.3. The molecular formula is C29H33N5O5. The fourth-order valence-corrected chi connectivity index (χ4v) is 5.15. The maximum Gasteiger partial charge on any atom is 0.410 e. The van der Waals surface area contributed by atoms with Crippen molar-refractivity contribution in [2.45, 2.75) is 45.3 Å². The molecule has 0 radical (unpaired) electrons. The van der Waals surface area contributed by atoms with Gasteiger partial charge in [-0.1, -0.05) is 18.2 Å². The van der Waals surface area contributed by atoms with Crippen LogP contribution in [-0.2, 0) is 9.53 Å². The van der Waals surface area contributed by atoms with Gasteiger partial charge in [-0.15, -0.1) is 0 Å². The first-order valence-electron chi connectivity index (χ1n) is 13.1. The van der Waals surface area contributed by atoms with Gasteiger partial charge in [0.2, 0.25) is 0 Å². The van der Waals surface area contributed by atoms with Crippen LogP contribution in [0.25, 0.3) is 11.3 Å². The average Bonchev–Trinajstić information content (AvgIpc) is 3.29. The summed E-state index contributed by atoms with van der Waals surface area (Å²) in [7, 11) is 0. The van der Waals surface area contributed by atoms with Crippen LogP contribution in [0.2, 0.25) is 0 Å². The minimum absolute atomic E-state index is 0.0154. The molecule has 10 heteroatoms. The largest absolute Gasteiger partial charge is 0.457 e. The van der Waals surface area contributed by atoms with Gasteiger partial charge in [0.05, 0.1) is 12.6 Å². The topological polar surface area (TPSA) is 129 Å². The predicted octanol–water partition coefficient (Wildman–Crippen LogP) is 4.62. The third-order valence-corrected chi connectivity index (χ3v) is 6.90. The van der Waals surface area contributed by atoms with Crippen LogP contribution in [0.4, 0.5) is 10.6 Å². The number of nitrogens with zero attached hydrogens (tertiary/aromatic N) is 3. The minimum Gasteiger partial charge on any atom is -0.457 e. The van der Waals surface area contributed by atoms with Crippen molar-refractivity contribution in [3.05, 3.63) is 60.2 Å². The number of hydrogen-bond acceptors (Lipinski definition) is 7. The van der Waals surface area contributed by atoms with Crippen LogP contribution < -0.4 is 15.8 Å². The molecule has 3 aromatic rings. The standard InChI is InChI=1S/C29H33N5O5/c1-29(2,3)39-28(37)33-16-14-21(23(35)17-33)22-13-15-31-27-24(26(30)36)25(32-34(22)27)18-9-11-20(12-10-18)38-19-7-5-4-6-8-19/h4-12,21-22,31H,13-17H2,1-3H3,(H2,30,36). The van der Waals surface area contributed by atoms with E-state index < -0.39 is 17.6 Å². The van der Waals surface area contributed by atoms with Crippen molar-refractivity contribution in [3.8, 4) is 22.8 Å². The molecule has 204 valence electrons. The van der Waals surface area contributed by atoms with Crippen molar-refractivity contribution in [1.82, 2.24) is 14.7 Å². The fraction of sp³-hybridized carbons (Fsp3) is 0.379. The molecule has 1 saturated heterocycles. The van der Waals surface area contributed by atoms with Crippen LogP contribution >= 0.6 is 0 Å². The van der Waals surface area contributed by atoms with Gasteiger partial charge in [-0.2, -0.15) is 5.10 Å². The molecule has 2 aliphatic heterocycles. The number of ketones is 1. The summed E-state index contributed by atoms with van der Waals surface area (Å²) in [5, 5.41) is 8.07. The number of Topliss-reactive ketones (excluding diaryl/α,β-unsaturated/α-hetero) is 1. The summed E-state index contributed by atoms with van der Waals surface area (Å²) < 4.78 is 13.1. The number of nitrogens with one attached hydrogen (secondary N) is 1. The van der Waals surface area contributed by atoms with E-state index in [4.69, 9.17) is 20.3 Å². The average molecular weight is 532 g/mol. The summed E-state index contributed by atoms with van der Waals surface area (Å²) in [6.45, 7) is 6.35. The highest BCUT2D eigenvalue weighted by Crippen LogP contribution is 2.39. The predicted molar refractivity (Wildman–Crippen MR) is 146 cm³/mol. The van der Waals surface area contributed by atoms with E-state index in [9.17, 15) is 14.4 Å². The number of nitrogens with two attached hydrogens (primary N) is 1. The van der Waals surface area contributed by atoms with Crippen LogP contribution in [0, 0.1) is 5.92 Å². The molecule has 39 heavy (non-hydrogen) atoms. The molecule has 0 saturated carbocycles. The molecule has 5 rings (SSSR count). The number of ether oxygens (including phenoxy) is 2. The molecule has 1 fully saturated rings. The summed E-state index contributed by atoms with van der Waals surface area (Å²) in [6.07, 6.45) is 0.644. The quantitative estimate of drug-likeness (QED) is 0.491. The first-order valence-corrected chi connectivity index (χ1v) is 13.1. The lowest BCUT2D eigenvalue weighted by molar-refractivity contribution is -0.128. The number of anilines is 1. The van der Waals surface area contributed by atoms with Gasteiger partial charge < -0.3 is 25.4 Å².